The van der Waals surface area contributed by atoms with Gasteiger partial charge in [-0.25, -0.2) is 4.39 Å². The van der Waals surface area contributed by atoms with Crippen molar-refractivity contribution in [1.29, 1.82) is 0 Å². The largest absolute Gasteiger partial charge is 0.393 e. The molecule has 6 rings (SSSR count). The van der Waals surface area contributed by atoms with Gasteiger partial charge in [-0.15, -0.1) is 0 Å². The first kappa shape index (κ1) is 23.3. The third-order valence-corrected chi connectivity index (χ3v) is 8.30. The Hall–Kier alpha value is -3.10. The summed E-state index contributed by atoms with van der Waals surface area (Å²) in [6.45, 7) is 3.89. The number of fused-ring (bicyclic) bond motifs is 1. The lowest BCUT2D eigenvalue weighted by Crippen LogP contribution is -2.63. The number of anilines is 2. The minimum absolute atomic E-state index is 0.144. The predicted octanol–water partition coefficient (Wildman–Crippen LogP) is 4.21. The number of hydrogen-bond acceptors (Lipinski definition) is 6. The molecule has 7 nitrogen and oxygen atoms in total. The van der Waals surface area contributed by atoms with Crippen LogP contribution in [0.25, 0.3) is 10.9 Å². The lowest BCUT2D eigenvalue weighted by molar-refractivity contribution is -0.0491. The third kappa shape index (κ3) is 4.12. The van der Waals surface area contributed by atoms with Crippen molar-refractivity contribution < 1.29 is 14.3 Å². The van der Waals surface area contributed by atoms with E-state index in [1.165, 1.54) is 12.1 Å². The zero-order valence-electron chi connectivity index (χ0n) is 20.5. The Morgan fingerprint density at radius 3 is 2.75 bits per heavy atom. The first-order valence-electron chi connectivity index (χ1n) is 12.8. The van der Waals surface area contributed by atoms with Gasteiger partial charge in [0, 0.05) is 36.1 Å². The Morgan fingerprint density at radius 2 is 2.00 bits per heavy atom. The Balaban J connectivity index is 1.25. The van der Waals surface area contributed by atoms with Gasteiger partial charge < -0.3 is 21.1 Å². The van der Waals surface area contributed by atoms with Crippen LogP contribution < -0.4 is 16.0 Å². The van der Waals surface area contributed by atoms with Crippen LogP contribution in [0.2, 0.25) is 0 Å². The average Bonchev–Trinajstić information content (AvgIpc) is 2.80. The lowest BCUT2D eigenvalue weighted by atomic mass is 9.62. The van der Waals surface area contributed by atoms with Gasteiger partial charge in [0.05, 0.1) is 41.0 Å². The molecule has 2 aliphatic carbocycles. The molecule has 2 aromatic heterocycles. The molecule has 2 saturated carbocycles. The highest BCUT2D eigenvalue weighted by molar-refractivity contribution is 6.12. The van der Waals surface area contributed by atoms with E-state index in [-0.39, 0.29) is 29.4 Å². The Labute approximate surface area is 209 Å². The van der Waals surface area contributed by atoms with E-state index in [1.807, 2.05) is 6.07 Å². The van der Waals surface area contributed by atoms with E-state index in [0.717, 1.165) is 56.4 Å². The van der Waals surface area contributed by atoms with E-state index in [0.29, 0.717) is 28.1 Å². The number of nitrogens with one attached hydrogen (secondary N) is 1. The van der Waals surface area contributed by atoms with Crippen LogP contribution in [0.4, 0.5) is 15.8 Å². The lowest BCUT2D eigenvalue weighted by Gasteiger charge is -2.58. The van der Waals surface area contributed by atoms with Gasteiger partial charge in [-0.3, -0.25) is 14.8 Å². The van der Waals surface area contributed by atoms with Crippen molar-refractivity contribution in [3.05, 3.63) is 59.8 Å². The van der Waals surface area contributed by atoms with E-state index in [2.05, 4.69) is 27.1 Å². The van der Waals surface area contributed by atoms with Crippen molar-refractivity contribution >= 4 is 28.2 Å². The molecule has 1 amide bonds. The number of amides is 1. The normalized spacial score (nSPS) is 25.4. The van der Waals surface area contributed by atoms with E-state index in [4.69, 9.17) is 5.73 Å². The first-order chi connectivity index (χ1) is 17.3. The fourth-order valence-corrected chi connectivity index (χ4v) is 6.64. The zero-order valence-corrected chi connectivity index (χ0v) is 20.5. The maximum absolute atomic E-state index is 14.8. The van der Waals surface area contributed by atoms with Crippen LogP contribution in [0.15, 0.2) is 42.9 Å². The molecule has 3 fully saturated rings. The highest BCUT2D eigenvalue weighted by Gasteiger charge is 2.52. The molecule has 1 aliphatic heterocycles. The molecule has 0 radical (unpaired) electrons. The summed E-state index contributed by atoms with van der Waals surface area (Å²) in [6.07, 6.45) is 9.48. The number of halogens is 1. The number of nitrogens with two attached hydrogens (primary N) is 1. The first-order valence-corrected chi connectivity index (χ1v) is 12.8. The number of benzene rings is 1. The van der Waals surface area contributed by atoms with E-state index < -0.39 is 5.82 Å². The Kier molecular flexibility index (Phi) is 5.68. The van der Waals surface area contributed by atoms with Crippen molar-refractivity contribution in [1.82, 2.24) is 9.97 Å². The quantitative estimate of drug-likeness (QED) is 0.507. The Bertz CT molecular complexity index is 1310. The fraction of sp³-hybridized carbons (Fsp3) is 0.464. The second kappa shape index (κ2) is 8.78. The molecule has 4 N–H and O–H groups in total. The van der Waals surface area contributed by atoms with E-state index in [9.17, 15) is 14.3 Å². The molecule has 3 aromatic rings. The smallest absolute Gasteiger partial charge is 0.257 e. The summed E-state index contributed by atoms with van der Waals surface area (Å²) >= 11 is 0. The summed E-state index contributed by atoms with van der Waals surface area (Å²) in [5.74, 6) is 0.0290. The highest BCUT2D eigenvalue weighted by Crippen LogP contribution is 2.49. The molecule has 3 atom stereocenters. The van der Waals surface area contributed by atoms with Crippen molar-refractivity contribution in [3.8, 4) is 0 Å². The van der Waals surface area contributed by atoms with Gasteiger partial charge >= 0.3 is 0 Å². The van der Waals surface area contributed by atoms with Gasteiger partial charge in [0.25, 0.3) is 5.91 Å². The van der Waals surface area contributed by atoms with Crippen molar-refractivity contribution in [2.45, 2.75) is 57.1 Å². The van der Waals surface area contributed by atoms with Crippen LogP contribution in [0.1, 0.15) is 60.9 Å². The topological polar surface area (TPSA) is 104 Å². The summed E-state index contributed by atoms with van der Waals surface area (Å²) < 4.78 is 14.8. The molecule has 0 bridgehead atoms. The second-order valence-corrected chi connectivity index (χ2v) is 11.3. The van der Waals surface area contributed by atoms with Gasteiger partial charge in [-0.2, -0.15) is 0 Å². The number of rotatable bonds is 4. The van der Waals surface area contributed by atoms with Crippen LogP contribution in [-0.2, 0) is 0 Å². The van der Waals surface area contributed by atoms with Crippen LogP contribution in [0.5, 0.6) is 0 Å². The summed E-state index contributed by atoms with van der Waals surface area (Å²) in [5, 5.41) is 13.0. The number of carbonyl (C=O) groups is 1. The van der Waals surface area contributed by atoms with Crippen LogP contribution in [0.3, 0.4) is 0 Å². The van der Waals surface area contributed by atoms with E-state index in [1.54, 1.807) is 24.7 Å². The van der Waals surface area contributed by atoms with Crippen molar-refractivity contribution in [2.24, 2.45) is 17.1 Å². The third-order valence-electron chi connectivity index (χ3n) is 8.30. The maximum Gasteiger partial charge on any atom is 0.257 e. The number of pyridine rings is 2. The highest BCUT2D eigenvalue weighted by atomic mass is 19.1. The summed E-state index contributed by atoms with van der Waals surface area (Å²) in [4.78, 5) is 24.3. The van der Waals surface area contributed by atoms with Gasteiger partial charge in [0.15, 0.2) is 0 Å². The predicted molar refractivity (Wildman–Crippen MR) is 138 cm³/mol. The molecular formula is C28H32FN5O2. The van der Waals surface area contributed by atoms with Crippen LogP contribution >= 0.6 is 0 Å². The van der Waals surface area contributed by atoms with Crippen molar-refractivity contribution in [3.63, 3.8) is 0 Å². The number of aromatic nitrogens is 2. The molecule has 3 aliphatic rings. The summed E-state index contributed by atoms with van der Waals surface area (Å²) in [7, 11) is 0. The SMILES string of the molecule is CC1CC(N)CC(c2ccncc2NC(=O)c2ccc(F)c3cc(N4CC5(CC(O)C5)C4)cnc23)C1. The molecule has 36 heavy (non-hydrogen) atoms. The van der Waals surface area contributed by atoms with Crippen molar-refractivity contribution in [2.75, 3.05) is 23.3 Å². The minimum Gasteiger partial charge on any atom is -0.393 e. The minimum atomic E-state index is -0.405. The Morgan fingerprint density at radius 1 is 1.19 bits per heavy atom. The van der Waals surface area contributed by atoms with E-state index >= 15 is 0 Å². The molecular weight excluding hydrogens is 457 g/mol. The monoisotopic (exact) mass is 489 g/mol. The van der Waals surface area contributed by atoms with Crippen LogP contribution in [-0.4, -0.2) is 46.2 Å². The molecule has 1 aromatic carbocycles. The molecule has 188 valence electrons. The number of carbonyl (C=O) groups excluding carboxylic acids is 1. The second-order valence-electron chi connectivity index (χ2n) is 11.3. The number of nitrogens with zero attached hydrogens (tertiary/aromatic N) is 3. The zero-order chi connectivity index (χ0) is 25.0. The molecule has 8 heteroatoms. The molecule has 1 saturated heterocycles. The molecule has 3 heterocycles. The maximum atomic E-state index is 14.8. The van der Waals surface area contributed by atoms with Gasteiger partial charge in [-0.1, -0.05) is 6.92 Å². The van der Waals surface area contributed by atoms with Crippen LogP contribution in [0, 0.1) is 17.2 Å². The number of hydrogen-bond donors (Lipinski definition) is 3. The molecule has 1 spiro atoms. The fourth-order valence-electron chi connectivity index (χ4n) is 6.64. The van der Waals surface area contributed by atoms with Gasteiger partial charge in [-0.05, 0) is 73.8 Å². The number of aliphatic hydroxyl groups excluding tert-OH is 1. The number of aliphatic hydroxyl groups is 1. The molecule has 3 unspecified atom stereocenters. The average molecular weight is 490 g/mol. The van der Waals surface area contributed by atoms with Gasteiger partial charge in [0.2, 0.25) is 0 Å². The summed E-state index contributed by atoms with van der Waals surface area (Å²) in [5.41, 5.74) is 9.68. The summed E-state index contributed by atoms with van der Waals surface area (Å²) in [6, 6.07) is 6.69. The standard InChI is InChI=1S/C28H32FN5O2/c1-16-6-17(8-18(30)7-16)21-4-5-31-13-25(21)33-27(36)22-2-3-24(29)23-9-19(12-32-26(22)23)34-14-28(15-34)10-20(35)11-28/h2-5,9,12-13,16-18,20,35H,6-8,10-11,14-15,30H2,1H3,(H,33,36). The van der Waals surface area contributed by atoms with Gasteiger partial charge in [0.1, 0.15) is 5.82 Å².